The van der Waals surface area contributed by atoms with Crippen molar-refractivity contribution >= 4 is 10.3 Å². The van der Waals surface area contributed by atoms with Gasteiger partial charge in [0, 0.05) is 26.4 Å². The molecule has 0 fully saturated rings. The van der Waals surface area contributed by atoms with Crippen molar-refractivity contribution in [3.8, 4) is 5.88 Å². The zero-order valence-electron chi connectivity index (χ0n) is 7.34. The highest BCUT2D eigenvalue weighted by atomic mass is 32.2. The molecule has 1 heterocycles. The van der Waals surface area contributed by atoms with Gasteiger partial charge in [-0.05, 0) is 6.07 Å². The molecule has 0 amide bonds. The first kappa shape index (κ1) is 9.94. The molecule has 0 aliphatic heterocycles. The maximum atomic E-state index is 11.2. The molecule has 0 unspecified atom stereocenters. The number of aromatic nitrogens is 1. The minimum absolute atomic E-state index is 0.0659. The van der Waals surface area contributed by atoms with Crippen molar-refractivity contribution < 1.29 is 12.6 Å². The third-order valence-corrected chi connectivity index (χ3v) is 2.55. The van der Waals surface area contributed by atoms with E-state index in [1.54, 1.807) is 12.1 Å². The Balaban J connectivity index is 2.82. The quantitative estimate of drug-likeness (QED) is 0.705. The van der Waals surface area contributed by atoms with Crippen LogP contribution >= 0.6 is 0 Å². The third kappa shape index (κ3) is 2.67. The van der Waals surface area contributed by atoms with Crippen molar-refractivity contribution in [1.29, 1.82) is 0 Å². The Morgan fingerprint density at radius 2 is 2.08 bits per heavy atom. The summed E-state index contributed by atoms with van der Waals surface area (Å²) < 4.78 is 28.0. The van der Waals surface area contributed by atoms with Crippen LogP contribution in [0.5, 0.6) is 5.88 Å². The van der Waals surface area contributed by atoms with Gasteiger partial charge in [-0.25, -0.2) is 4.98 Å². The molecule has 1 aromatic rings. The molecule has 0 saturated heterocycles. The average molecular weight is 202 g/mol. The summed E-state index contributed by atoms with van der Waals surface area (Å²) >= 11 is 0. The van der Waals surface area contributed by atoms with Crippen molar-refractivity contribution in [2.24, 2.45) is 0 Å². The smallest absolute Gasteiger partial charge is 0.350 e. The second-order valence-electron chi connectivity index (χ2n) is 2.49. The van der Waals surface area contributed by atoms with E-state index in [0.29, 0.717) is 0 Å². The van der Waals surface area contributed by atoms with Crippen LogP contribution in [-0.4, -0.2) is 31.8 Å². The third-order valence-electron chi connectivity index (χ3n) is 1.28. The number of hydrogen-bond acceptors (Lipinski definition) is 4. The van der Waals surface area contributed by atoms with Crippen molar-refractivity contribution in [3.63, 3.8) is 0 Å². The number of pyridine rings is 1. The normalized spacial score (nSPS) is 11.6. The molecule has 5 nitrogen and oxygen atoms in total. The molecule has 0 aliphatic carbocycles. The van der Waals surface area contributed by atoms with Crippen LogP contribution < -0.4 is 4.18 Å². The van der Waals surface area contributed by atoms with E-state index in [1.807, 2.05) is 0 Å². The van der Waals surface area contributed by atoms with E-state index < -0.39 is 10.3 Å². The highest BCUT2D eigenvalue weighted by Gasteiger charge is 2.15. The zero-order chi connectivity index (χ0) is 9.90. The summed E-state index contributed by atoms with van der Waals surface area (Å²) in [5.74, 6) is 0.0659. The molecule has 0 saturated carbocycles. The molecule has 0 bridgehead atoms. The molecular weight excluding hydrogens is 192 g/mol. The van der Waals surface area contributed by atoms with Crippen molar-refractivity contribution in [2.75, 3.05) is 14.1 Å². The van der Waals surface area contributed by atoms with Gasteiger partial charge in [0.05, 0.1) is 0 Å². The van der Waals surface area contributed by atoms with Gasteiger partial charge < -0.3 is 4.18 Å². The van der Waals surface area contributed by atoms with Gasteiger partial charge in [-0.3, -0.25) is 0 Å². The van der Waals surface area contributed by atoms with Crippen molar-refractivity contribution in [2.45, 2.75) is 0 Å². The monoisotopic (exact) mass is 202 g/mol. The molecule has 0 N–H and O–H groups in total. The fourth-order valence-electron chi connectivity index (χ4n) is 0.579. The Morgan fingerprint density at radius 3 is 2.54 bits per heavy atom. The van der Waals surface area contributed by atoms with E-state index in [1.165, 1.54) is 26.4 Å². The van der Waals surface area contributed by atoms with Crippen LogP contribution in [0.4, 0.5) is 0 Å². The zero-order valence-corrected chi connectivity index (χ0v) is 8.15. The van der Waals surface area contributed by atoms with Gasteiger partial charge in [-0.15, -0.1) is 0 Å². The minimum Gasteiger partial charge on any atom is -0.350 e. The van der Waals surface area contributed by atoms with Crippen LogP contribution in [0.1, 0.15) is 0 Å². The lowest BCUT2D eigenvalue weighted by Gasteiger charge is -2.10. The van der Waals surface area contributed by atoms with Gasteiger partial charge in [-0.1, -0.05) is 6.07 Å². The van der Waals surface area contributed by atoms with Crippen molar-refractivity contribution in [1.82, 2.24) is 9.29 Å². The van der Waals surface area contributed by atoms with E-state index in [2.05, 4.69) is 9.17 Å². The Bertz CT molecular complexity index is 361. The Kier molecular flexibility index (Phi) is 2.84. The van der Waals surface area contributed by atoms with Gasteiger partial charge >= 0.3 is 10.3 Å². The predicted octanol–water partition coefficient (Wildman–Crippen LogP) is 0.267. The molecule has 1 rings (SSSR count). The Labute approximate surface area is 77.2 Å². The van der Waals surface area contributed by atoms with Crippen LogP contribution in [-0.2, 0) is 10.3 Å². The minimum atomic E-state index is -3.68. The van der Waals surface area contributed by atoms with Gasteiger partial charge in [0.1, 0.15) is 0 Å². The molecule has 6 heteroatoms. The summed E-state index contributed by atoms with van der Waals surface area (Å²) in [4.78, 5) is 3.72. The molecule has 0 aliphatic rings. The van der Waals surface area contributed by atoms with E-state index in [9.17, 15) is 8.42 Å². The topological polar surface area (TPSA) is 59.5 Å². The molecule has 0 spiro atoms. The average Bonchev–Trinajstić information content (AvgIpc) is 2.05. The largest absolute Gasteiger partial charge is 0.386 e. The maximum absolute atomic E-state index is 11.2. The predicted molar refractivity (Wildman–Crippen MR) is 47.5 cm³/mol. The lowest BCUT2D eigenvalue weighted by Crippen LogP contribution is -2.27. The lowest BCUT2D eigenvalue weighted by atomic mass is 10.5. The summed E-state index contributed by atoms with van der Waals surface area (Å²) in [5, 5.41) is 0. The molecular formula is C7H10N2O3S. The van der Waals surface area contributed by atoms with Crippen LogP contribution in [0.3, 0.4) is 0 Å². The molecule has 13 heavy (non-hydrogen) atoms. The van der Waals surface area contributed by atoms with Gasteiger partial charge in [0.25, 0.3) is 0 Å². The van der Waals surface area contributed by atoms with E-state index in [4.69, 9.17) is 0 Å². The summed E-state index contributed by atoms with van der Waals surface area (Å²) in [6, 6.07) is 4.80. The highest BCUT2D eigenvalue weighted by molar-refractivity contribution is 7.84. The molecule has 0 aromatic carbocycles. The van der Waals surface area contributed by atoms with Crippen LogP contribution in [0.2, 0.25) is 0 Å². The van der Waals surface area contributed by atoms with E-state index in [0.717, 1.165) is 4.31 Å². The Hall–Kier alpha value is -1.14. The highest BCUT2D eigenvalue weighted by Crippen LogP contribution is 2.08. The van der Waals surface area contributed by atoms with Gasteiger partial charge in [-0.2, -0.15) is 12.7 Å². The fourth-order valence-corrected chi connectivity index (χ4v) is 1.04. The first-order valence-corrected chi connectivity index (χ1v) is 4.92. The van der Waals surface area contributed by atoms with Gasteiger partial charge in [0.2, 0.25) is 5.88 Å². The molecule has 0 atom stereocenters. The first-order valence-electron chi connectivity index (χ1n) is 3.55. The van der Waals surface area contributed by atoms with Crippen LogP contribution in [0.25, 0.3) is 0 Å². The fraction of sp³-hybridized carbons (Fsp3) is 0.286. The van der Waals surface area contributed by atoms with Crippen molar-refractivity contribution in [3.05, 3.63) is 24.4 Å². The SMILES string of the molecule is CN(C)S(=O)(=O)Oc1ccccn1. The number of rotatable bonds is 3. The molecule has 72 valence electrons. The second-order valence-corrected chi connectivity index (χ2v) is 4.24. The summed E-state index contributed by atoms with van der Waals surface area (Å²) in [6.07, 6.45) is 1.46. The van der Waals surface area contributed by atoms with E-state index >= 15 is 0 Å². The molecule has 1 aromatic heterocycles. The summed E-state index contributed by atoms with van der Waals surface area (Å²) in [7, 11) is -0.906. The second kappa shape index (κ2) is 3.71. The maximum Gasteiger partial charge on any atom is 0.386 e. The lowest BCUT2D eigenvalue weighted by molar-refractivity contribution is 0.414. The summed E-state index contributed by atoms with van der Waals surface area (Å²) in [6.45, 7) is 0. The Morgan fingerprint density at radius 1 is 1.38 bits per heavy atom. The molecule has 0 radical (unpaired) electrons. The standard InChI is InChI=1S/C7H10N2O3S/c1-9(2)13(10,11)12-7-5-3-4-6-8-7/h3-6H,1-2H3. The number of hydrogen-bond donors (Lipinski definition) is 0. The number of nitrogens with zero attached hydrogens (tertiary/aromatic N) is 2. The van der Waals surface area contributed by atoms with Crippen LogP contribution in [0.15, 0.2) is 24.4 Å². The van der Waals surface area contributed by atoms with Crippen LogP contribution in [0, 0.1) is 0 Å². The first-order chi connectivity index (χ1) is 6.02. The van der Waals surface area contributed by atoms with Gasteiger partial charge in [0.15, 0.2) is 0 Å². The van der Waals surface area contributed by atoms with E-state index in [-0.39, 0.29) is 5.88 Å². The summed E-state index contributed by atoms with van der Waals surface area (Å²) in [5.41, 5.74) is 0.